The molecule has 6 heteroatoms. The molecule has 2 atom stereocenters. The van der Waals surface area contributed by atoms with Gasteiger partial charge in [0, 0.05) is 24.1 Å². The number of esters is 1. The summed E-state index contributed by atoms with van der Waals surface area (Å²) in [6.45, 7) is 2.21. The summed E-state index contributed by atoms with van der Waals surface area (Å²) >= 11 is 0. The number of nitrogens with zero attached hydrogens (tertiary/aromatic N) is 1. The molecule has 3 aromatic rings. The van der Waals surface area contributed by atoms with Gasteiger partial charge in [0.2, 0.25) is 0 Å². The highest BCUT2D eigenvalue weighted by atomic mass is 16.6. The number of Topliss-reactive ketones (excluding diaryl/α,β-unsaturated/α-hetero) is 1. The first-order valence-electron chi connectivity index (χ1n) is 12.7. The number of hydrogen-bond donors (Lipinski definition) is 0. The molecule has 0 aromatic heterocycles. The molecule has 0 amide bonds. The van der Waals surface area contributed by atoms with Crippen LogP contribution in [-0.2, 0) is 22.4 Å². The van der Waals surface area contributed by atoms with E-state index in [4.69, 9.17) is 4.74 Å². The first kappa shape index (κ1) is 23.9. The molecule has 6 nitrogen and oxygen atoms in total. The van der Waals surface area contributed by atoms with Gasteiger partial charge in [-0.15, -0.1) is 0 Å². The van der Waals surface area contributed by atoms with Crippen LogP contribution < -0.4 is 0 Å². The topological polar surface area (TPSA) is 86.5 Å². The molecule has 0 saturated carbocycles. The minimum Gasteiger partial charge on any atom is -0.466 e. The number of ether oxygens (including phenoxy) is 1. The largest absolute Gasteiger partial charge is 0.466 e. The van der Waals surface area contributed by atoms with E-state index in [2.05, 4.69) is 24.3 Å². The van der Waals surface area contributed by atoms with Crippen molar-refractivity contribution in [3.8, 4) is 11.1 Å². The molecule has 3 aromatic carbocycles. The van der Waals surface area contributed by atoms with Crippen molar-refractivity contribution < 1.29 is 19.2 Å². The number of benzene rings is 3. The fourth-order valence-electron chi connectivity index (χ4n) is 5.94. The molecular formula is C30H29NO5. The Bertz CT molecular complexity index is 1330. The fraction of sp³-hybridized carbons (Fsp3) is 0.333. The monoisotopic (exact) mass is 483 g/mol. The summed E-state index contributed by atoms with van der Waals surface area (Å²) in [5.41, 5.74) is 7.44. The van der Waals surface area contributed by atoms with Gasteiger partial charge in [0.15, 0.2) is 5.78 Å². The molecule has 0 fully saturated rings. The van der Waals surface area contributed by atoms with Crippen LogP contribution in [0.2, 0.25) is 0 Å². The summed E-state index contributed by atoms with van der Waals surface area (Å²) in [5.74, 6) is -0.267. The second-order valence-electron chi connectivity index (χ2n) is 9.61. The van der Waals surface area contributed by atoms with E-state index in [1.807, 2.05) is 19.1 Å². The van der Waals surface area contributed by atoms with Crippen LogP contribution in [0.5, 0.6) is 0 Å². The molecule has 0 spiro atoms. The van der Waals surface area contributed by atoms with Gasteiger partial charge in [-0.3, -0.25) is 19.7 Å². The Morgan fingerprint density at radius 2 is 1.81 bits per heavy atom. The maximum absolute atomic E-state index is 13.9. The number of hydrogen-bond acceptors (Lipinski definition) is 5. The Labute approximate surface area is 210 Å². The van der Waals surface area contributed by atoms with Gasteiger partial charge < -0.3 is 4.74 Å². The maximum Gasteiger partial charge on any atom is 0.305 e. The van der Waals surface area contributed by atoms with Gasteiger partial charge in [0.05, 0.1) is 17.4 Å². The first-order chi connectivity index (χ1) is 17.5. The third-order valence-corrected chi connectivity index (χ3v) is 7.57. The van der Waals surface area contributed by atoms with E-state index in [1.165, 1.54) is 23.3 Å². The molecule has 0 aliphatic heterocycles. The van der Waals surface area contributed by atoms with Crippen LogP contribution in [0.1, 0.15) is 77.1 Å². The molecule has 0 N–H and O–H groups in total. The number of carbonyl (C=O) groups excluding carboxylic acids is 2. The molecule has 2 unspecified atom stereocenters. The number of nitro groups is 1. The van der Waals surface area contributed by atoms with Gasteiger partial charge >= 0.3 is 5.97 Å². The lowest BCUT2D eigenvalue weighted by Gasteiger charge is -2.34. The van der Waals surface area contributed by atoms with E-state index < -0.39 is 4.92 Å². The van der Waals surface area contributed by atoms with Crippen molar-refractivity contribution >= 4 is 17.4 Å². The normalized spacial score (nSPS) is 17.9. The van der Waals surface area contributed by atoms with E-state index in [1.54, 1.807) is 12.1 Å². The van der Waals surface area contributed by atoms with E-state index in [-0.39, 0.29) is 29.3 Å². The van der Waals surface area contributed by atoms with Crippen LogP contribution in [0.15, 0.2) is 60.7 Å². The van der Waals surface area contributed by atoms with Gasteiger partial charge in [-0.2, -0.15) is 0 Å². The second-order valence-corrected chi connectivity index (χ2v) is 9.61. The number of carbonyl (C=O) groups is 2. The third kappa shape index (κ3) is 4.43. The van der Waals surface area contributed by atoms with Crippen molar-refractivity contribution in [3.05, 3.63) is 98.6 Å². The van der Waals surface area contributed by atoms with Crippen LogP contribution in [0.25, 0.3) is 11.1 Å². The first-order valence-corrected chi connectivity index (χ1v) is 12.7. The molecule has 2 aliphatic rings. The Morgan fingerprint density at radius 1 is 1.03 bits per heavy atom. The summed E-state index contributed by atoms with van der Waals surface area (Å²) in [5, 5.41) is 11.1. The second kappa shape index (κ2) is 10.1. The van der Waals surface area contributed by atoms with Gasteiger partial charge in [-0.25, -0.2) is 0 Å². The highest BCUT2D eigenvalue weighted by Gasteiger charge is 2.35. The summed E-state index contributed by atoms with van der Waals surface area (Å²) in [7, 11) is 0. The zero-order chi connectivity index (χ0) is 25.2. The number of non-ortho nitro benzene ring substituents is 1. The zero-order valence-electron chi connectivity index (χ0n) is 20.4. The molecule has 5 rings (SSSR count). The van der Waals surface area contributed by atoms with Crippen LogP contribution in [0.4, 0.5) is 5.69 Å². The molecular weight excluding hydrogens is 454 g/mol. The smallest absolute Gasteiger partial charge is 0.305 e. The Hall–Kier alpha value is -3.80. The molecule has 0 saturated heterocycles. The molecule has 0 heterocycles. The number of nitro benzene ring substituents is 1. The summed E-state index contributed by atoms with van der Waals surface area (Å²) in [6.07, 6.45) is 4.66. The number of fused-ring (bicyclic) bond motifs is 5. The minimum atomic E-state index is -0.451. The lowest BCUT2D eigenvalue weighted by Crippen LogP contribution is -2.24. The average Bonchev–Trinajstić information content (AvgIpc) is 2.90. The van der Waals surface area contributed by atoms with Crippen LogP contribution in [0.3, 0.4) is 0 Å². The predicted molar refractivity (Wildman–Crippen MR) is 137 cm³/mol. The Morgan fingerprint density at radius 3 is 2.56 bits per heavy atom. The van der Waals surface area contributed by atoms with Crippen molar-refractivity contribution in [2.24, 2.45) is 0 Å². The van der Waals surface area contributed by atoms with Gasteiger partial charge in [-0.1, -0.05) is 36.4 Å². The lowest BCUT2D eigenvalue weighted by molar-refractivity contribution is -0.384. The SMILES string of the molecule is CCOC(=O)CCC1CCCc2c1ccc1c2C(C(=O)c2ccc([N+](=O)[O-])cc2)Cc2ccccc2-1. The summed E-state index contributed by atoms with van der Waals surface area (Å²) < 4.78 is 5.15. The average molecular weight is 484 g/mol. The van der Waals surface area contributed by atoms with E-state index in [0.29, 0.717) is 25.0 Å². The van der Waals surface area contributed by atoms with Crippen LogP contribution in [-0.4, -0.2) is 23.3 Å². The maximum atomic E-state index is 13.9. The van der Waals surface area contributed by atoms with Crippen molar-refractivity contribution in [2.75, 3.05) is 6.61 Å². The van der Waals surface area contributed by atoms with Crippen molar-refractivity contribution in [1.82, 2.24) is 0 Å². The predicted octanol–water partition coefficient (Wildman–Crippen LogP) is 6.55. The highest BCUT2D eigenvalue weighted by molar-refractivity contribution is 6.03. The van der Waals surface area contributed by atoms with E-state index in [0.717, 1.165) is 47.9 Å². The molecule has 36 heavy (non-hydrogen) atoms. The van der Waals surface area contributed by atoms with Crippen molar-refractivity contribution in [3.63, 3.8) is 0 Å². The molecule has 0 bridgehead atoms. The number of rotatable bonds is 7. The fourth-order valence-corrected chi connectivity index (χ4v) is 5.94. The van der Waals surface area contributed by atoms with Gasteiger partial charge in [0.1, 0.15) is 0 Å². The summed E-state index contributed by atoms with van der Waals surface area (Å²) in [6, 6.07) is 18.5. The van der Waals surface area contributed by atoms with E-state index in [9.17, 15) is 19.7 Å². The van der Waals surface area contributed by atoms with Crippen LogP contribution in [0, 0.1) is 10.1 Å². The number of ketones is 1. The van der Waals surface area contributed by atoms with Crippen molar-refractivity contribution in [1.29, 1.82) is 0 Å². The molecule has 2 aliphatic carbocycles. The van der Waals surface area contributed by atoms with Gasteiger partial charge in [0.25, 0.3) is 5.69 Å². The quantitative estimate of drug-likeness (QED) is 0.165. The zero-order valence-corrected chi connectivity index (χ0v) is 20.4. The Balaban J connectivity index is 1.56. The lowest BCUT2D eigenvalue weighted by atomic mass is 9.69. The third-order valence-electron chi connectivity index (χ3n) is 7.57. The standard InChI is InChI=1S/C30H29NO5/c1-2-36-28(32)17-12-19-7-5-9-25-24(19)15-16-26-23-8-4-3-6-21(23)18-27(29(25)26)30(33)20-10-13-22(14-11-20)31(34)35/h3-4,6,8,10-11,13-16,19,27H,2,5,7,9,12,17-18H2,1H3. The molecule has 0 radical (unpaired) electrons. The van der Waals surface area contributed by atoms with Crippen molar-refractivity contribution in [2.45, 2.75) is 57.3 Å². The molecule has 184 valence electrons. The van der Waals surface area contributed by atoms with Gasteiger partial charge in [-0.05, 0) is 90.5 Å². The van der Waals surface area contributed by atoms with Crippen LogP contribution >= 0.6 is 0 Å². The highest BCUT2D eigenvalue weighted by Crippen LogP contribution is 2.47. The Kier molecular flexibility index (Phi) is 6.68. The minimum absolute atomic E-state index is 0.0114. The van der Waals surface area contributed by atoms with E-state index >= 15 is 0 Å². The summed E-state index contributed by atoms with van der Waals surface area (Å²) in [4.78, 5) is 36.5.